The molecule has 0 aliphatic carbocycles. The first-order valence-corrected chi connectivity index (χ1v) is 10.5. The SMILES string of the molecule is Cc1ccc(CN2CCc3[nH]nc(C(=O)N4CCOCC4)c3C2)s1.O=C(O)C(F)(F)F. The van der Waals surface area contributed by atoms with Gasteiger partial charge in [0, 0.05) is 60.2 Å². The largest absolute Gasteiger partial charge is 0.490 e. The van der Waals surface area contributed by atoms with Crippen molar-refractivity contribution < 1.29 is 32.6 Å². The number of aryl methyl sites for hydroxylation is 1. The Morgan fingerprint density at radius 1 is 1.26 bits per heavy atom. The molecule has 0 bridgehead atoms. The fourth-order valence-electron chi connectivity index (χ4n) is 3.37. The van der Waals surface area contributed by atoms with Crippen molar-refractivity contribution in [2.24, 2.45) is 0 Å². The molecule has 12 heteroatoms. The Morgan fingerprint density at radius 3 is 2.52 bits per heavy atom. The molecule has 1 saturated heterocycles. The van der Waals surface area contributed by atoms with E-state index in [1.807, 2.05) is 16.2 Å². The molecule has 2 N–H and O–H groups in total. The predicted octanol–water partition coefficient (Wildman–Crippen LogP) is 2.44. The zero-order valence-electron chi connectivity index (χ0n) is 16.9. The summed E-state index contributed by atoms with van der Waals surface area (Å²) in [5.41, 5.74) is 2.79. The molecule has 2 aromatic rings. The second kappa shape index (κ2) is 9.79. The summed E-state index contributed by atoms with van der Waals surface area (Å²) in [5.74, 6) is -2.72. The van der Waals surface area contributed by atoms with Crippen molar-refractivity contribution in [1.82, 2.24) is 20.0 Å². The number of hydrogen-bond acceptors (Lipinski definition) is 6. The van der Waals surface area contributed by atoms with Gasteiger partial charge in [-0.3, -0.25) is 14.8 Å². The summed E-state index contributed by atoms with van der Waals surface area (Å²) < 4.78 is 37.1. The van der Waals surface area contributed by atoms with Crippen molar-refractivity contribution >= 4 is 23.2 Å². The second-order valence-electron chi connectivity index (χ2n) is 7.21. The third-order valence-electron chi connectivity index (χ3n) is 4.93. The van der Waals surface area contributed by atoms with E-state index in [1.54, 1.807) is 0 Å². The highest BCUT2D eigenvalue weighted by atomic mass is 32.1. The number of ether oxygens (including phenoxy) is 1. The number of carboxylic acids is 1. The average molecular weight is 460 g/mol. The van der Waals surface area contributed by atoms with E-state index >= 15 is 0 Å². The molecule has 0 saturated carbocycles. The van der Waals surface area contributed by atoms with E-state index in [1.165, 1.54) is 9.75 Å². The highest BCUT2D eigenvalue weighted by Gasteiger charge is 2.38. The molecule has 2 aliphatic heterocycles. The molecule has 1 amide bonds. The highest BCUT2D eigenvalue weighted by Crippen LogP contribution is 2.25. The first kappa shape index (κ1) is 23.2. The van der Waals surface area contributed by atoms with Crippen LogP contribution in [0.1, 0.15) is 31.5 Å². The molecule has 0 radical (unpaired) electrons. The molecule has 8 nitrogen and oxygen atoms in total. The topological polar surface area (TPSA) is 98.8 Å². The Bertz CT molecular complexity index is 922. The lowest BCUT2D eigenvalue weighted by atomic mass is 10.0. The Hall–Kier alpha value is -2.44. The predicted molar refractivity (Wildman–Crippen MR) is 106 cm³/mol. The number of amides is 1. The van der Waals surface area contributed by atoms with Crippen LogP contribution in [0.2, 0.25) is 0 Å². The maximum atomic E-state index is 12.8. The van der Waals surface area contributed by atoms with Crippen LogP contribution in [0.4, 0.5) is 13.2 Å². The van der Waals surface area contributed by atoms with Crippen LogP contribution in [0.5, 0.6) is 0 Å². The standard InChI is InChI=1S/C17H22N4O2S.C2HF3O2/c1-12-2-3-13(24-12)10-20-5-4-15-14(11-20)16(19-18-15)17(22)21-6-8-23-9-7-21;3-2(4,5)1(6)7/h2-3H,4-11H2,1H3,(H,18,19);(H,6,7). The third kappa shape index (κ3) is 6.05. The zero-order valence-corrected chi connectivity index (χ0v) is 17.7. The minimum atomic E-state index is -5.08. The summed E-state index contributed by atoms with van der Waals surface area (Å²) in [7, 11) is 0. The van der Waals surface area contributed by atoms with Crippen molar-refractivity contribution in [1.29, 1.82) is 0 Å². The Morgan fingerprint density at radius 2 is 1.94 bits per heavy atom. The number of carbonyl (C=O) groups is 2. The van der Waals surface area contributed by atoms with Gasteiger partial charge in [-0.2, -0.15) is 18.3 Å². The quantitative estimate of drug-likeness (QED) is 0.730. The molecular formula is C19H23F3N4O4S. The number of aliphatic carboxylic acids is 1. The number of carbonyl (C=O) groups excluding carboxylic acids is 1. The van der Waals surface area contributed by atoms with E-state index in [-0.39, 0.29) is 5.91 Å². The summed E-state index contributed by atoms with van der Waals surface area (Å²) >= 11 is 1.84. The van der Waals surface area contributed by atoms with E-state index in [4.69, 9.17) is 14.6 Å². The van der Waals surface area contributed by atoms with Crippen molar-refractivity contribution in [3.63, 3.8) is 0 Å². The smallest absolute Gasteiger partial charge is 0.475 e. The minimum Gasteiger partial charge on any atom is -0.475 e. The van der Waals surface area contributed by atoms with Gasteiger partial charge in [0.1, 0.15) is 0 Å². The lowest BCUT2D eigenvalue weighted by Crippen LogP contribution is -2.41. The normalized spacial score (nSPS) is 17.0. The zero-order chi connectivity index (χ0) is 22.6. The van der Waals surface area contributed by atoms with Crippen LogP contribution in [0.3, 0.4) is 0 Å². The van der Waals surface area contributed by atoms with Crippen molar-refractivity contribution in [2.45, 2.75) is 32.6 Å². The summed E-state index contributed by atoms with van der Waals surface area (Å²) in [6.45, 7) is 7.39. The highest BCUT2D eigenvalue weighted by molar-refractivity contribution is 7.11. The number of morpholine rings is 1. The molecule has 1 fully saturated rings. The molecule has 170 valence electrons. The van der Waals surface area contributed by atoms with Gasteiger partial charge in [-0.1, -0.05) is 0 Å². The summed E-state index contributed by atoms with van der Waals surface area (Å²) in [5, 5.41) is 14.5. The van der Waals surface area contributed by atoms with Gasteiger partial charge in [-0.15, -0.1) is 11.3 Å². The molecule has 4 heterocycles. The number of fused-ring (bicyclic) bond motifs is 1. The van der Waals surface area contributed by atoms with E-state index in [2.05, 4.69) is 34.2 Å². The number of aromatic nitrogens is 2. The van der Waals surface area contributed by atoms with Gasteiger partial charge in [-0.05, 0) is 19.1 Å². The number of nitrogens with one attached hydrogen (secondary N) is 1. The molecule has 0 unspecified atom stereocenters. The Kier molecular flexibility index (Phi) is 7.34. The molecular weight excluding hydrogens is 437 g/mol. The number of H-pyrrole nitrogens is 1. The molecule has 0 spiro atoms. The van der Waals surface area contributed by atoms with Gasteiger partial charge in [0.2, 0.25) is 0 Å². The maximum Gasteiger partial charge on any atom is 0.490 e. The first-order valence-electron chi connectivity index (χ1n) is 9.66. The van der Waals surface area contributed by atoms with Crippen molar-refractivity contribution in [3.05, 3.63) is 38.8 Å². The van der Waals surface area contributed by atoms with Gasteiger partial charge in [0.25, 0.3) is 5.91 Å². The van der Waals surface area contributed by atoms with E-state index in [0.29, 0.717) is 32.0 Å². The number of carboxylic acid groups (broad SMARTS) is 1. The lowest BCUT2D eigenvalue weighted by molar-refractivity contribution is -0.192. The molecule has 0 aromatic carbocycles. The molecule has 0 atom stereocenters. The molecule has 31 heavy (non-hydrogen) atoms. The van der Waals surface area contributed by atoms with E-state index < -0.39 is 12.1 Å². The Balaban J connectivity index is 0.000000339. The fraction of sp³-hybridized carbons (Fsp3) is 0.526. The Labute approximate surface area is 180 Å². The number of alkyl halides is 3. The van der Waals surface area contributed by atoms with Gasteiger partial charge in [-0.25, -0.2) is 4.79 Å². The van der Waals surface area contributed by atoms with Gasteiger partial charge in [0.15, 0.2) is 5.69 Å². The van der Waals surface area contributed by atoms with E-state index in [0.717, 1.165) is 37.3 Å². The van der Waals surface area contributed by atoms with Crippen LogP contribution < -0.4 is 0 Å². The number of thiophene rings is 1. The number of halogens is 3. The van der Waals surface area contributed by atoms with Gasteiger partial charge < -0.3 is 14.7 Å². The van der Waals surface area contributed by atoms with E-state index in [9.17, 15) is 18.0 Å². The van der Waals surface area contributed by atoms with Crippen LogP contribution in [0.25, 0.3) is 0 Å². The van der Waals surface area contributed by atoms with Crippen LogP contribution in [0, 0.1) is 6.92 Å². The number of rotatable bonds is 3. The summed E-state index contributed by atoms with van der Waals surface area (Å²) in [4.78, 5) is 28.6. The van der Waals surface area contributed by atoms with Gasteiger partial charge >= 0.3 is 12.1 Å². The summed E-state index contributed by atoms with van der Waals surface area (Å²) in [6.07, 6.45) is -4.16. The molecule has 2 aromatic heterocycles. The average Bonchev–Trinajstić information content (AvgIpc) is 3.33. The van der Waals surface area contributed by atoms with Crippen molar-refractivity contribution in [2.75, 3.05) is 32.8 Å². The number of nitrogens with zero attached hydrogens (tertiary/aromatic N) is 3. The van der Waals surface area contributed by atoms with Crippen molar-refractivity contribution in [3.8, 4) is 0 Å². The maximum absolute atomic E-state index is 12.8. The minimum absolute atomic E-state index is 0.0321. The first-order chi connectivity index (χ1) is 14.6. The summed E-state index contributed by atoms with van der Waals surface area (Å²) in [6, 6.07) is 4.37. The molecule has 4 rings (SSSR count). The molecule has 2 aliphatic rings. The van der Waals surface area contributed by atoms with Crippen LogP contribution >= 0.6 is 11.3 Å². The number of aromatic amines is 1. The second-order valence-corrected chi connectivity index (χ2v) is 8.58. The monoisotopic (exact) mass is 460 g/mol. The van der Waals surface area contributed by atoms with Crippen LogP contribution in [0.15, 0.2) is 12.1 Å². The number of hydrogen-bond donors (Lipinski definition) is 2. The van der Waals surface area contributed by atoms with Crippen LogP contribution in [-0.4, -0.2) is 76.0 Å². The lowest BCUT2D eigenvalue weighted by Gasteiger charge is -2.28. The van der Waals surface area contributed by atoms with Gasteiger partial charge in [0.05, 0.1) is 13.2 Å². The fourth-order valence-corrected chi connectivity index (χ4v) is 4.30. The third-order valence-corrected chi connectivity index (χ3v) is 5.92. The van der Waals surface area contributed by atoms with Crippen LogP contribution in [-0.2, 0) is 29.0 Å².